The number of halogens is 4. The van der Waals surface area contributed by atoms with Crippen LogP contribution in [0.15, 0.2) is 6.07 Å². The van der Waals surface area contributed by atoms with Gasteiger partial charge in [-0.25, -0.2) is 13.2 Å². The predicted octanol–water partition coefficient (Wildman–Crippen LogP) is 2.82. The van der Waals surface area contributed by atoms with Crippen molar-refractivity contribution in [1.29, 1.82) is 0 Å². The molecule has 0 saturated carbocycles. The molecule has 2 nitrogen and oxygen atoms in total. The number of aromatic nitrogens is 1. The van der Waals surface area contributed by atoms with Crippen LogP contribution in [-0.2, 0) is 0 Å². The molecule has 0 aromatic carbocycles. The Balaban J connectivity index is 3.27. The largest absolute Gasteiger partial charge is 0.479 e. The predicted molar refractivity (Wildman–Crippen MR) is 40.7 cm³/mol. The topological polar surface area (TPSA) is 22.1 Å². The van der Waals surface area contributed by atoms with Gasteiger partial charge < -0.3 is 4.74 Å². The summed E-state index contributed by atoms with van der Waals surface area (Å²) in [4.78, 5) is 3.37. The maximum absolute atomic E-state index is 13.0. The first-order valence-electron chi connectivity index (χ1n) is 3.24. The van der Waals surface area contributed by atoms with Gasteiger partial charge in [-0.05, 0) is 6.07 Å². The average molecular weight is 212 g/mol. The van der Waals surface area contributed by atoms with Crippen molar-refractivity contribution in [3.05, 3.63) is 22.6 Å². The number of nitrogens with zero attached hydrogens (tertiary/aromatic N) is 1. The molecule has 0 N–H and O–H groups in total. The second-order valence-electron chi connectivity index (χ2n) is 2.16. The van der Waals surface area contributed by atoms with E-state index in [2.05, 4.69) is 9.72 Å². The zero-order valence-electron chi connectivity index (χ0n) is 6.52. The molecule has 13 heavy (non-hydrogen) atoms. The zero-order chi connectivity index (χ0) is 10.0. The molecule has 0 aliphatic rings. The molecular formula is C7H5ClF3NO. The van der Waals surface area contributed by atoms with E-state index in [9.17, 15) is 13.2 Å². The first-order chi connectivity index (χ1) is 6.06. The number of ether oxygens (including phenoxy) is 1. The monoisotopic (exact) mass is 211 g/mol. The van der Waals surface area contributed by atoms with Crippen molar-refractivity contribution in [3.8, 4) is 5.88 Å². The number of hydrogen-bond donors (Lipinski definition) is 0. The fourth-order valence-corrected chi connectivity index (χ4v) is 0.982. The maximum atomic E-state index is 13.0. The molecule has 0 amide bonds. The molecule has 6 heteroatoms. The number of pyridine rings is 1. The van der Waals surface area contributed by atoms with Crippen molar-refractivity contribution < 1.29 is 17.9 Å². The molecule has 72 valence electrons. The Kier molecular flexibility index (Phi) is 2.98. The van der Waals surface area contributed by atoms with Gasteiger partial charge in [0, 0.05) is 0 Å². The molecule has 0 saturated heterocycles. The van der Waals surface area contributed by atoms with E-state index in [0.717, 1.165) is 13.2 Å². The Bertz CT molecular complexity index is 319. The lowest BCUT2D eigenvalue weighted by atomic mass is 10.2. The fraction of sp³-hybridized carbons (Fsp3) is 0.286. The molecule has 0 spiro atoms. The van der Waals surface area contributed by atoms with E-state index in [-0.39, 0.29) is 5.15 Å². The number of rotatable bonds is 2. The SMILES string of the molecule is COc1nc(Cl)cc(C(F)F)c1F. The van der Waals surface area contributed by atoms with Crippen molar-refractivity contribution in [2.75, 3.05) is 7.11 Å². The van der Waals surface area contributed by atoms with Crippen molar-refractivity contribution in [3.63, 3.8) is 0 Å². The van der Waals surface area contributed by atoms with Crippen LogP contribution in [0.1, 0.15) is 12.0 Å². The lowest BCUT2D eigenvalue weighted by Crippen LogP contribution is -1.98. The van der Waals surface area contributed by atoms with Crippen LogP contribution in [0, 0.1) is 5.82 Å². The molecule has 0 aliphatic carbocycles. The second kappa shape index (κ2) is 3.83. The van der Waals surface area contributed by atoms with Crippen LogP contribution in [-0.4, -0.2) is 12.1 Å². The summed E-state index contributed by atoms with van der Waals surface area (Å²) in [6.07, 6.45) is -2.94. The third-order valence-electron chi connectivity index (χ3n) is 1.35. The lowest BCUT2D eigenvalue weighted by Gasteiger charge is -2.05. The van der Waals surface area contributed by atoms with Crippen LogP contribution in [0.4, 0.5) is 13.2 Å². The van der Waals surface area contributed by atoms with E-state index in [1.807, 2.05) is 0 Å². The van der Waals surface area contributed by atoms with Gasteiger partial charge in [0.1, 0.15) is 5.15 Å². The van der Waals surface area contributed by atoms with Gasteiger partial charge in [-0.3, -0.25) is 0 Å². The second-order valence-corrected chi connectivity index (χ2v) is 2.55. The van der Waals surface area contributed by atoms with Crippen molar-refractivity contribution in [1.82, 2.24) is 4.98 Å². The quantitative estimate of drug-likeness (QED) is 0.702. The van der Waals surface area contributed by atoms with E-state index in [1.165, 1.54) is 0 Å². The van der Waals surface area contributed by atoms with Crippen LogP contribution in [0.3, 0.4) is 0 Å². The highest BCUT2D eigenvalue weighted by atomic mass is 35.5. The third kappa shape index (κ3) is 2.03. The van der Waals surface area contributed by atoms with Gasteiger partial charge in [-0.15, -0.1) is 0 Å². The Morgan fingerprint density at radius 2 is 2.15 bits per heavy atom. The Morgan fingerprint density at radius 3 is 2.62 bits per heavy atom. The van der Waals surface area contributed by atoms with Gasteiger partial charge in [0.25, 0.3) is 12.3 Å². The molecule has 0 unspecified atom stereocenters. The number of hydrogen-bond acceptors (Lipinski definition) is 2. The molecular weight excluding hydrogens is 207 g/mol. The molecule has 0 atom stereocenters. The van der Waals surface area contributed by atoms with Gasteiger partial charge in [0.2, 0.25) is 0 Å². The van der Waals surface area contributed by atoms with Crippen LogP contribution in [0.2, 0.25) is 5.15 Å². The minimum atomic E-state index is -2.94. The standard InChI is InChI=1S/C7H5ClF3NO/c1-13-7-5(9)3(6(10)11)2-4(8)12-7/h2,6H,1H3. The summed E-state index contributed by atoms with van der Waals surface area (Å²) in [5.41, 5.74) is -0.808. The van der Waals surface area contributed by atoms with Gasteiger partial charge >= 0.3 is 0 Å². The van der Waals surface area contributed by atoms with E-state index in [0.29, 0.717) is 0 Å². The Morgan fingerprint density at radius 1 is 1.54 bits per heavy atom. The average Bonchev–Trinajstić information content (AvgIpc) is 2.08. The number of alkyl halides is 2. The van der Waals surface area contributed by atoms with Crippen molar-refractivity contribution >= 4 is 11.6 Å². The molecule has 1 aromatic heterocycles. The molecule has 0 fully saturated rings. The molecule has 1 aromatic rings. The van der Waals surface area contributed by atoms with Crippen LogP contribution in [0.5, 0.6) is 5.88 Å². The van der Waals surface area contributed by atoms with Crippen molar-refractivity contribution in [2.45, 2.75) is 6.43 Å². The van der Waals surface area contributed by atoms with E-state index in [1.54, 1.807) is 0 Å². The molecule has 1 heterocycles. The fourth-order valence-electron chi connectivity index (χ4n) is 0.788. The van der Waals surface area contributed by atoms with E-state index < -0.39 is 23.7 Å². The minimum Gasteiger partial charge on any atom is -0.479 e. The maximum Gasteiger partial charge on any atom is 0.266 e. The smallest absolute Gasteiger partial charge is 0.266 e. The summed E-state index contributed by atoms with van der Waals surface area (Å²) < 4.78 is 41.7. The van der Waals surface area contributed by atoms with E-state index >= 15 is 0 Å². The minimum absolute atomic E-state index is 0.228. The molecule has 1 rings (SSSR count). The van der Waals surface area contributed by atoms with Gasteiger partial charge in [-0.1, -0.05) is 11.6 Å². The lowest BCUT2D eigenvalue weighted by molar-refractivity contribution is 0.145. The number of methoxy groups -OCH3 is 1. The zero-order valence-corrected chi connectivity index (χ0v) is 7.28. The molecule has 0 aliphatic heterocycles. The Labute approximate surface area is 77.3 Å². The van der Waals surface area contributed by atoms with Gasteiger partial charge in [-0.2, -0.15) is 4.98 Å². The molecule has 0 radical (unpaired) electrons. The summed E-state index contributed by atoms with van der Waals surface area (Å²) in [5, 5.41) is -0.228. The first-order valence-corrected chi connectivity index (χ1v) is 3.62. The highest BCUT2D eigenvalue weighted by Crippen LogP contribution is 2.29. The van der Waals surface area contributed by atoms with Crippen LogP contribution >= 0.6 is 11.6 Å². The third-order valence-corrected chi connectivity index (χ3v) is 1.55. The summed E-state index contributed by atoms with van der Waals surface area (Å²) in [6.45, 7) is 0. The normalized spacial score (nSPS) is 10.6. The van der Waals surface area contributed by atoms with Crippen LogP contribution < -0.4 is 4.74 Å². The molecule has 0 bridgehead atoms. The summed E-state index contributed by atoms with van der Waals surface area (Å²) in [5.74, 6) is -1.70. The summed E-state index contributed by atoms with van der Waals surface area (Å²) in [7, 11) is 1.12. The Hall–Kier alpha value is -0.970. The van der Waals surface area contributed by atoms with Gasteiger partial charge in [0.15, 0.2) is 5.82 Å². The highest BCUT2D eigenvalue weighted by Gasteiger charge is 2.19. The van der Waals surface area contributed by atoms with Gasteiger partial charge in [0.05, 0.1) is 12.7 Å². The first kappa shape index (κ1) is 10.1. The summed E-state index contributed by atoms with van der Waals surface area (Å²) in [6, 6.07) is 0.768. The van der Waals surface area contributed by atoms with Crippen molar-refractivity contribution in [2.24, 2.45) is 0 Å². The highest BCUT2D eigenvalue weighted by molar-refractivity contribution is 6.29. The summed E-state index contributed by atoms with van der Waals surface area (Å²) >= 11 is 5.35. The van der Waals surface area contributed by atoms with E-state index in [4.69, 9.17) is 11.6 Å². The van der Waals surface area contributed by atoms with Crippen LogP contribution in [0.25, 0.3) is 0 Å².